The van der Waals surface area contributed by atoms with Crippen molar-refractivity contribution in [2.45, 2.75) is 31.4 Å². The van der Waals surface area contributed by atoms with E-state index in [2.05, 4.69) is 0 Å². The highest BCUT2D eigenvalue weighted by atomic mass is 16.6. The third kappa shape index (κ3) is 5.90. The van der Waals surface area contributed by atoms with Gasteiger partial charge in [-0.2, -0.15) is 0 Å². The summed E-state index contributed by atoms with van der Waals surface area (Å²) in [5.74, 6) is 0.552. The van der Waals surface area contributed by atoms with Gasteiger partial charge >= 0.3 is 5.97 Å². The molecule has 3 rings (SSSR count). The van der Waals surface area contributed by atoms with Crippen molar-refractivity contribution in [2.75, 3.05) is 14.2 Å². The minimum Gasteiger partial charge on any atom is -0.497 e. The summed E-state index contributed by atoms with van der Waals surface area (Å²) in [7, 11) is 3.12. The number of nitrogens with two attached hydrogens (primary N) is 2. The molecule has 0 saturated heterocycles. The fraction of sp³-hybridized carbons (Fsp3) is 0.269. The van der Waals surface area contributed by atoms with Gasteiger partial charge in [0.05, 0.1) is 14.2 Å². The topological polar surface area (TPSA) is 106 Å². The van der Waals surface area contributed by atoms with E-state index in [4.69, 9.17) is 30.4 Å². The van der Waals surface area contributed by atoms with Crippen molar-refractivity contribution in [1.29, 1.82) is 0 Å². The van der Waals surface area contributed by atoms with Crippen LogP contribution in [-0.4, -0.2) is 20.2 Å². The maximum atomic E-state index is 13.4. The average Bonchev–Trinajstić information content (AvgIpc) is 2.83. The Labute approximate surface area is 194 Å². The van der Waals surface area contributed by atoms with Crippen molar-refractivity contribution in [1.82, 2.24) is 0 Å². The molecule has 0 bridgehead atoms. The first-order valence-electron chi connectivity index (χ1n) is 10.5. The van der Waals surface area contributed by atoms with Crippen LogP contribution in [0.1, 0.15) is 36.6 Å². The highest BCUT2D eigenvalue weighted by Crippen LogP contribution is 2.33. The molecule has 3 aromatic rings. The molecule has 7 nitrogen and oxygen atoms in total. The summed E-state index contributed by atoms with van der Waals surface area (Å²) in [6.45, 7) is 3.28. The molecule has 0 aliphatic carbocycles. The third-order valence-corrected chi connectivity index (χ3v) is 5.28. The maximum absolute atomic E-state index is 13.4. The number of carbonyl (C=O) groups excluding carboxylic acids is 1. The third-order valence-electron chi connectivity index (χ3n) is 5.28. The molecule has 0 heterocycles. The average molecular weight is 451 g/mol. The minimum atomic E-state index is -1.43. The van der Waals surface area contributed by atoms with Crippen LogP contribution in [0.15, 0.2) is 78.9 Å². The molecule has 0 aliphatic heterocycles. The molecule has 0 fully saturated rings. The molecule has 0 aliphatic rings. The highest BCUT2D eigenvalue weighted by Gasteiger charge is 2.36. The van der Waals surface area contributed by atoms with E-state index in [1.54, 1.807) is 88.7 Å². The van der Waals surface area contributed by atoms with Crippen LogP contribution in [0.5, 0.6) is 11.5 Å². The van der Waals surface area contributed by atoms with Crippen molar-refractivity contribution in [3.8, 4) is 11.5 Å². The predicted octanol–water partition coefficient (Wildman–Crippen LogP) is 3.97. The van der Waals surface area contributed by atoms with Gasteiger partial charge in [0, 0.05) is 11.1 Å². The van der Waals surface area contributed by atoms with Gasteiger partial charge in [0.1, 0.15) is 17.2 Å². The Morgan fingerprint density at radius 1 is 0.758 bits per heavy atom. The molecule has 2 unspecified atom stereocenters. The van der Waals surface area contributed by atoms with E-state index in [0.29, 0.717) is 28.2 Å². The van der Waals surface area contributed by atoms with Gasteiger partial charge in [-0.05, 0) is 43.7 Å². The van der Waals surface area contributed by atoms with E-state index in [-0.39, 0.29) is 0 Å². The summed E-state index contributed by atoms with van der Waals surface area (Å²) >= 11 is 0. The van der Waals surface area contributed by atoms with Crippen LogP contribution in [0, 0.1) is 0 Å². The number of hydrogen-bond acceptors (Lipinski definition) is 7. The second-order valence-corrected chi connectivity index (χ2v) is 8.01. The van der Waals surface area contributed by atoms with Gasteiger partial charge in [-0.15, -0.1) is 0 Å². The van der Waals surface area contributed by atoms with Crippen LogP contribution in [0.4, 0.5) is 0 Å². The van der Waals surface area contributed by atoms with Crippen LogP contribution in [0.3, 0.4) is 0 Å². The smallest absolute Gasteiger partial charge is 0.342 e. The first-order chi connectivity index (χ1) is 15.7. The molecule has 3 aromatic carbocycles. The molecule has 7 heteroatoms. The summed E-state index contributed by atoms with van der Waals surface area (Å²) in [4.78, 5) is 13.4. The molecule has 4 N–H and O–H groups in total. The van der Waals surface area contributed by atoms with Crippen LogP contribution in [0.2, 0.25) is 0 Å². The lowest BCUT2D eigenvalue weighted by molar-refractivity contribution is -0.185. The SMILES string of the molecule is COc1cccc(C(C)(N)OC(=O)[C@H](OC(C)(N)c2cccc(OC)c2)c2ccccc2)c1. The molecule has 3 atom stereocenters. The molecule has 0 aromatic heterocycles. The van der Waals surface area contributed by atoms with Crippen molar-refractivity contribution in [2.24, 2.45) is 11.5 Å². The Kier molecular flexibility index (Phi) is 7.38. The molecule has 33 heavy (non-hydrogen) atoms. The number of ether oxygens (including phenoxy) is 4. The van der Waals surface area contributed by atoms with Crippen molar-refractivity contribution in [3.05, 3.63) is 95.6 Å². The van der Waals surface area contributed by atoms with Gasteiger partial charge in [0.25, 0.3) is 0 Å². The first-order valence-corrected chi connectivity index (χ1v) is 10.5. The summed E-state index contributed by atoms with van der Waals surface area (Å²) < 4.78 is 22.5. The standard InChI is InChI=1S/C26H30N2O5/c1-25(27,19-12-8-14-21(16-19)30-3)32-23(18-10-6-5-7-11-18)24(29)33-26(2,28)20-13-9-15-22(17-20)31-4/h5-17,23H,27-28H2,1-4H3/t23-,25?,26?/m1/s1. The number of esters is 1. The Balaban J connectivity index is 1.91. The van der Waals surface area contributed by atoms with Crippen molar-refractivity contribution >= 4 is 5.97 Å². The van der Waals surface area contributed by atoms with E-state index in [9.17, 15) is 4.79 Å². The second-order valence-electron chi connectivity index (χ2n) is 8.01. The molecule has 0 radical (unpaired) electrons. The Hall–Kier alpha value is -3.39. The van der Waals surface area contributed by atoms with Gasteiger partial charge in [0.2, 0.25) is 0 Å². The number of benzene rings is 3. The lowest BCUT2D eigenvalue weighted by Gasteiger charge is -2.33. The lowest BCUT2D eigenvalue weighted by Crippen LogP contribution is -2.43. The number of rotatable bonds is 9. The first kappa shape index (κ1) is 24.3. The van der Waals surface area contributed by atoms with E-state index in [0.717, 1.165) is 0 Å². The quantitative estimate of drug-likeness (QED) is 0.375. The zero-order chi connectivity index (χ0) is 24.1. The molecule has 0 spiro atoms. The zero-order valence-corrected chi connectivity index (χ0v) is 19.3. The Morgan fingerprint density at radius 3 is 1.79 bits per heavy atom. The van der Waals surface area contributed by atoms with Gasteiger partial charge in [0.15, 0.2) is 11.8 Å². The summed E-state index contributed by atoms with van der Waals surface area (Å²) in [6.07, 6.45) is -1.12. The molecule has 174 valence electrons. The van der Waals surface area contributed by atoms with Crippen LogP contribution < -0.4 is 20.9 Å². The van der Waals surface area contributed by atoms with Gasteiger partial charge < -0.3 is 18.9 Å². The summed E-state index contributed by atoms with van der Waals surface area (Å²) in [5.41, 5.74) is 12.0. The van der Waals surface area contributed by atoms with Crippen LogP contribution >= 0.6 is 0 Å². The van der Waals surface area contributed by atoms with Gasteiger partial charge in [-0.3, -0.25) is 11.5 Å². The minimum absolute atomic E-state index is 0.574. The lowest BCUT2D eigenvalue weighted by atomic mass is 10.0. The maximum Gasteiger partial charge on any atom is 0.342 e. The van der Waals surface area contributed by atoms with E-state index in [1.165, 1.54) is 0 Å². The number of hydrogen-bond donors (Lipinski definition) is 2. The monoisotopic (exact) mass is 450 g/mol. The molecule has 0 saturated carbocycles. The molecule has 0 amide bonds. The van der Waals surface area contributed by atoms with Gasteiger partial charge in [-0.25, -0.2) is 4.79 Å². The predicted molar refractivity (Wildman–Crippen MR) is 125 cm³/mol. The Morgan fingerprint density at radius 2 is 1.27 bits per heavy atom. The number of carbonyl (C=O) groups is 1. The van der Waals surface area contributed by atoms with E-state index >= 15 is 0 Å². The van der Waals surface area contributed by atoms with E-state index in [1.807, 2.05) is 18.2 Å². The Bertz CT molecular complexity index is 1080. The van der Waals surface area contributed by atoms with Crippen molar-refractivity contribution in [3.63, 3.8) is 0 Å². The van der Waals surface area contributed by atoms with E-state index < -0.39 is 23.5 Å². The summed E-state index contributed by atoms with van der Waals surface area (Å²) in [5, 5.41) is 0. The van der Waals surface area contributed by atoms with Crippen LogP contribution in [0.25, 0.3) is 0 Å². The largest absolute Gasteiger partial charge is 0.497 e. The second kappa shape index (κ2) is 10.0. The van der Waals surface area contributed by atoms with Crippen molar-refractivity contribution < 1.29 is 23.7 Å². The number of methoxy groups -OCH3 is 2. The fourth-order valence-corrected chi connectivity index (χ4v) is 3.38. The summed E-state index contributed by atoms with van der Waals surface area (Å²) in [6, 6.07) is 23.2. The zero-order valence-electron chi connectivity index (χ0n) is 19.3. The van der Waals surface area contributed by atoms with Crippen LogP contribution in [-0.2, 0) is 25.7 Å². The fourth-order valence-electron chi connectivity index (χ4n) is 3.38. The highest BCUT2D eigenvalue weighted by molar-refractivity contribution is 5.77. The normalized spacial score (nSPS) is 15.6. The van der Waals surface area contributed by atoms with Gasteiger partial charge in [-0.1, -0.05) is 54.6 Å². The molecular weight excluding hydrogens is 420 g/mol. The molecular formula is C26H30N2O5.